The molecule has 498 valence electrons. The quantitative estimate of drug-likeness (QED) is 0.0321. The molecular weight excluding hydrogens is 1290 g/mol. The molecule has 0 radical (unpaired) electrons. The minimum atomic E-state index is -0.141. The summed E-state index contributed by atoms with van der Waals surface area (Å²) in [6.07, 6.45) is 43.4. The summed E-state index contributed by atoms with van der Waals surface area (Å²) in [5.74, 6) is -0.0498. The zero-order valence-electron chi connectivity index (χ0n) is 54.8. The van der Waals surface area contributed by atoms with Crippen molar-refractivity contribution in [2.45, 2.75) is 18.1 Å². The highest BCUT2D eigenvalue weighted by atomic mass is 35.5. The van der Waals surface area contributed by atoms with Crippen molar-refractivity contribution in [3.8, 4) is 11.1 Å². The molecule has 0 aliphatic heterocycles. The number of nitrogens with one attached hydrogen (secondary N) is 2. The van der Waals surface area contributed by atoms with Crippen molar-refractivity contribution in [3.63, 3.8) is 0 Å². The van der Waals surface area contributed by atoms with Gasteiger partial charge in [0.15, 0.2) is 5.78 Å². The summed E-state index contributed by atoms with van der Waals surface area (Å²) in [6, 6.07) is 54.1. The summed E-state index contributed by atoms with van der Waals surface area (Å²) in [6.45, 7) is 0. The SMILES string of the molecule is Clc1cc(NC(c2cccnc2)c2cccnc2)cc2nccnc12.Cn1ccc2ccc(-c3cc(NC(c4cccnc4)c4cccnc4)cc4nccnc34)cc21.NC(c1cccnc1)c1cccnc1.O=C(c1cccnc1)c1cccnc1.ON=C(c1cccnc1)c1cccnc1. The third kappa shape index (κ3) is 17.7. The molecule has 0 bridgehead atoms. The van der Waals surface area contributed by atoms with Crippen LogP contribution in [0.25, 0.3) is 44.1 Å². The number of halogens is 1. The van der Waals surface area contributed by atoms with E-state index in [1.54, 1.807) is 160 Å². The second-order valence-electron chi connectivity index (χ2n) is 22.6. The lowest BCUT2D eigenvalue weighted by Gasteiger charge is -2.21. The number of anilines is 2. The monoisotopic (exact) mass is 1360 g/mol. The van der Waals surface area contributed by atoms with Crippen molar-refractivity contribution in [2.75, 3.05) is 10.6 Å². The van der Waals surface area contributed by atoms with Gasteiger partial charge in [-0.15, -0.1) is 0 Å². The third-order valence-electron chi connectivity index (χ3n) is 15.9. The lowest BCUT2D eigenvalue weighted by Crippen LogP contribution is -2.13. The number of pyridine rings is 10. The summed E-state index contributed by atoms with van der Waals surface area (Å²) in [5, 5.41) is 21.2. The number of nitrogens with zero attached hydrogens (tertiary/aromatic N) is 16. The number of aryl methyl sites for hydroxylation is 1. The van der Waals surface area contributed by atoms with Gasteiger partial charge in [-0.05, 0) is 166 Å². The zero-order valence-corrected chi connectivity index (χ0v) is 55.6. The van der Waals surface area contributed by atoms with E-state index in [4.69, 9.17) is 22.5 Å². The molecule has 16 aromatic rings. The summed E-state index contributed by atoms with van der Waals surface area (Å²) in [4.78, 5) is 70.6. The van der Waals surface area contributed by atoms with E-state index in [0.717, 1.165) is 83.6 Å². The molecule has 13 aromatic heterocycles. The van der Waals surface area contributed by atoms with Crippen molar-refractivity contribution in [2.24, 2.45) is 17.9 Å². The van der Waals surface area contributed by atoms with Crippen molar-refractivity contribution >= 4 is 67.4 Å². The predicted molar refractivity (Wildman–Crippen MR) is 396 cm³/mol. The molecule has 3 aromatic carbocycles. The molecule has 0 fully saturated rings. The van der Waals surface area contributed by atoms with E-state index in [2.05, 4.69) is 146 Å². The van der Waals surface area contributed by atoms with Crippen LogP contribution < -0.4 is 16.4 Å². The predicted octanol–water partition coefficient (Wildman–Crippen LogP) is 15.0. The van der Waals surface area contributed by atoms with Gasteiger partial charge in [0, 0.05) is 207 Å². The molecule has 21 nitrogen and oxygen atoms in total. The summed E-state index contributed by atoms with van der Waals surface area (Å²) in [5.41, 5.74) is 23.6. The number of fused-ring (bicyclic) bond motifs is 3. The number of nitrogens with two attached hydrogens (primary N) is 1. The fraction of sp³-hybridized carbons (Fsp3) is 0.0500. The topological polar surface area (TPSA) is 285 Å². The molecule has 13 heterocycles. The first-order valence-corrected chi connectivity index (χ1v) is 32.4. The highest BCUT2D eigenvalue weighted by molar-refractivity contribution is 6.35. The van der Waals surface area contributed by atoms with Gasteiger partial charge >= 0.3 is 0 Å². The normalized spacial score (nSPS) is 10.6. The minimum absolute atomic E-state index is 0.0498. The molecule has 0 atom stereocenters. The number of benzene rings is 3. The summed E-state index contributed by atoms with van der Waals surface area (Å²) in [7, 11) is 2.06. The van der Waals surface area contributed by atoms with Crippen molar-refractivity contribution in [1.82, 2.24) is 74.3 Å². The third-order valence-corrected chi connectivity index (χ3v) is 16.2. The van der Waals surface area contributed by atoms with Gasteiger partial charge in [0.1, 0.15) is 11.2 Å². The van der Waals surface area contributed by atoms with Gasteiger partial charge in [0.2, 0.25) is 0 Å². The maximum Gasteiger partial charge on any atom is 0.196 e. The van der Waals surface area contributed by atoms with E-state index in [1.165, 1.54) is 10.9 Å². The van der Waals surface area contributed by atoms with Crippen LogP contribution in [-0.4, -0.2) is 91.0 Å². The Morgan fingerprint density at radius 3 is 1.20 bits per heavy atom. The van der Waals surface area contributed by atoms with Crippen LogP contribution in [0.1, 0.15) is 78.6 Å². The van der Waals surface area contributed by atoms with Gasteiger partial charge in [-0.1, -0.05) is 65.3 Å². The molecule has 16 rings (SSSR count). The number of carbonyl (C=O) groups excluding carboxylic acids is 1. The van der Waals surface area contributed by atoms with Crippen molar-refractivity contribution in [3.05, 3.63) is 385 Å². The molecule has 0 saturated carbocycles. The van der Waals surface area contributed by atoms with E-state index in [1.807, 2.05) is 116 Å². The van der Waals surface area contributed by atoms with Crippen LogP contribution in [-0.2, 0) is 7.05 Å². The first kappa shape index (κ1) is 68.3. The van der Waals surface area contributed by atoms with Crippen LogP contribution in [0.4, 0.5) is 11.4 Å². The summed E-state index contributed by atoms with van der Waals surface area (Å²) >= 11 is 6.37. The number of carbonyl (C=O) groups is 1. The molecule has 0 unspecified atom stereocenters. The number of ketones is 1. The maximum atomic E-state index is 11.8. The number of hydrogen-bond acceptors (Lipinski definition) is 20. The fourth-order valence-electron chi connectivity index (χ4n) is 10.9. The minimum Gasteiger partial charge on any atom is -0.410 e. The van der Waals surface area contributed by atoms with E-state index >= 15 is 0 Å². The molecule has 0 spiro atoms. The molecular formula is C80H64ClN19O2. The Labute approximate surface area is 591 Å². The van der Waals surface area contributed by atoms with Crippen LogP contribution in [0.3, 0.4) is 0 Å². The number of aromatic nitrogens is 15. The smallest absolute Gasteiger partial charge is 0.196 e. The Morgan fingerprint density at radius 2 is 0.794 bits per heavy atom. The van der Waals surface area contributed by atoms with E-state index < -0.39 is 0 Å². The van der Waals surface area contributed by atoms with Crippen LogP contribution in [0.15, 0.2) is 330 Å². The number of rotatable bonds is 15. The molecule has 22 heteroatoms. The van der Waals surface area contributed by atoms with Crippen LogP contribution in [0.2, 0.25) is 5.02 Å². The average molecular weight is 1360 g/mol. The molecule has 5 N–H and O–H groups in total. The molecule has 0 saturated heterocycles. The highest BCUT2D eigenvalue weighted by Crippen LogP contribution is 2.36. The Balaban J connectivity index is 0.000000127. The van der Waals surface area contributed by atoms with Gasteiger partial charge in [0.05, 0.1) is 39.7 Å². The van der Waals surface area contributed by atoms with Gasteiger partial charge in [-0.3, -0.25) is 74.6 Å². The highest BCUT2D eigenvalue weighted by Gasteiger charge is 2.20. The van der Waals surface area contributed by atoms with Crippen LogP contribution in [0, 0.1) is 0 Å². The van der Waals surface area contributed by atoms with E-state index in [0.29, 0.717) is 27.4 Å². The van der Waals surface area contributed by atoms with E-state index in [-0.39, 0.29) is 23.9 Å². The molecule has 102 heavy (non-hydrogen) atoms. The second-order valence-corrected chi connectivity index (χ2v) is 23.0. The lowest BCUT2D eigenvalue weighted by atomic mass is 9.99. The number of oxime groups is 1. The number of hydrogen-bond donors (Lipinski definition) is 4. The standard InChI is InChI=1S/C28H22N6.C19H14ClN5.C11H9N3O.C11H11N3.C11H8N2O/c1-34-13-8-19-6-7-20(14-26(19)34)24-15-23(16-25-28(24)32-12-11-31-25)33-27(21-4-2-9-29-17-21)22-5-3-10-30-18-22;20-16-9-15(10-17-19(16)24-8-7-23-17)25-18(13-3-1-5-21-11-13)14-4-2-6-22-12-14;15-14-11(9-3-1-5-12-7-9)10-4-2-6-13-8-10;12-11(9-3-1-5-13-7-9)10-4-2-6-14-8-10;14-11(9-3-1-5-12-7-9)10-4-2-6-13-8-10/h2-18,27,33H,1H3;1-12,18,25H;1-8,15H;1-8,11H,12H2;1-8H. The lowest BCUT2D eigenvalue weighted by molar-refractivity contribution is 0.103. The average Bonchev–Trinajstić information content (AvgIpc) is 0.955. The van der Waals surface area contributed by atoms with Crippen molar-refractivity contribution < 1.29 is 10.0 Å². The zero-order chi connectivity index (χ0) is 70.1. The Bertz CT molecular complexity index is 5110. The van der Waals surface area contributed by atoms with Gasteiger partial charge in [-0.25, -0.2) is 0 Å². The maximum absolute atomic E-state index is 11.8. The first-order chi connectivity index (χ1) is 50.2. The van der Waals surface area contributed by atoms with Gasteiger partial charge in [0.25, 0.3) is 0 Å². The van der Waals surface area contributed by atoms with Gasteiger partial charge < -0.3 is 26.1 Å². The molecule has 0 amide bonds. The first-order valence-electron chi connectivity index (χ1n) is 32.0. The molecule has 0 aliphatic carbocycles. The fourth-order valence-corrected chi connectivity index (χ4v) is 11.2. The van der Waals surface area contributed by atoms with Crippen molar-refractivity contribution in [1.29, 1.82) is 0 Å². The largest absolute Gasteiger partial charge is 0.410 e. The summed E-state index contributed by atoms with van der Waals surface area (Å²) < 4.78 is 2.13. The Hall–Kier alpha value is -13.6. The molecule has 0 aliphatic rings. The van der Waals surface area contributed by atoms with Crippen LogP contribution >= 0.6 is 11.6 Å². The Morgan fingerprint density at radius 1 is 0.422 bits per heavy atom. The second kappa shape index (κ2) is 34.5. The van der Waals surface area contributed by atoms with Gasteiger partial charge in [-0.2, -0.15) is 0 Å². The van der Waals surface area contributed by atoms with Crippen LogP contribution in [0.5, 0.6) is 0 Å². The van der Waals surface area contributed by atoms with E-state index in [9.17, 15) is 4.79 Å². The Kier molecular flexibility index (Phi) is 23.1.